The van der Waals surface area contributed by atoms with Gasteiger partial charge >= 0.3 is 0 Å². The number of hydrogen-bond donors (Lipinski definition) is 0. The van der Waals surface area contributed by atoms with Gasteiger partial charge in [-0.25, -0.2) is 8.78 Å². The monoisotopic (exact) mass is 380 g/mol. The summed E-state index contributed by atoms with van der Waals surface area (Å²) < 4.78 is 28.4. The summed E-state index contributed by atoms with van der Waals surface area (Å²) in [4.78, 5) is 0. The number of hydrogen-bond acceptors (Lipinski definition) is 0. The average molecular weight is 381 g/mol. The molecule has 0 nitrogen and oxygen atoms in total. The molecule has 0 radical (unpaired) electrons. The van der Waals surface area contributed by atoms with Gasteiger partial charge in [-0.1, -0.05) is 57.1 Å². The minimum atomic E-state index is -0.573. The van der Waals surface area contributed by atoms with Crippen LogP contribution in [-0.4, -0.2) is 0 Å². The number of aryl methyl sites for hydroxylation is 1. The average Bonchev–Trinajstić information content (AvgIpc) is 2.69. The summed E-state index contributed by atoms with van der Waals surface area (Å²) in [6, 6.07) is 11.0. The molecule has 1 aliphatic rings. The van der Waals surface area contributed by atoms with E-state index in [1.54, 1.807) is 0 Å². The minimum absolute atomic E-state index is 0.141. The van der Waals surface area contributed by atoms with Crippen LogP contribution in [0.15, 0.2) is 36.4 Å². The zero-order valence-electron chi connectivity index (χ0n) is 17.0. The Bertz CT molecular complexity index is 808. The Hall–Kier alpha value is -2.14. The molecular formula is C26H30F2. The first-order chi connectivity index (χ1) is 13.6. The normalized spacial score (nSPS) is 19.1. The van der Waals surface area contributed by atoms with E-state index in [0.29, 0.717) is 17.9 Å². The molecule has 0 aliphatic heterocycles. The van der Waals surface area contributed by atoms with E-state index in [1.807, 2.05) is 19.1 Å². The van der Waals surface area contributed by atoms with Crippen LogP contribution in [0.3, 0.4) is 0 Å². The molecule has 1 saturated carbocycles. The van der Waals surface area contributed by atoms with Crippen molar-refractivity contribution in [3.8, 4) is 11.8 Å². The van der Waals surface area contributed by atoms with Crippen molar-refractivity contribution in [2.45, 2.75) is 71.1 Å². The lowest BCUT2D eigenvalue weighted by Crippen LogP contribution is -2.13. The van der Waals surface area contributed by atoms with Crippen LogP contribution in [0.2, 0.25) is 0 Å². The van der Waals surface area contributed by atoms with E-state index in [9.17, 15) is 8.78 Å². The third kappa shape index (κ3) is 5.22. The summed E-state index contributed by atoms with van der Waals surface area (Å²) in [7, 11) is 0. The minimum Gasteiger partial charge on any atom is -0.206 e. The second-order valence-corrected chi connectivity index (χ2v) is 8.06. The van der Waals surface area contributed by atoms with Crippen LogP contribution in [0.1, 0.15) is 87.0 Å². The number of rotatable bonds is 5. The van der Waals surface area contributed by atoms with Crippen molar-refractivity contribution in [1.29, 1.82) is 0 Å². The Morgan fingerprint density at radius 1 is 0.857 bits per heavy atom. The Morgan fingerprint density at radius 3 is 2.07 bits per heavy atom. The van der Waals surface area contributed by atoms with Gasteiger partial charge in [0.25, 0.3) is 0 Å². The van der Waals surface area contributed by atoms with Gasteiger partial charge in [0.05, 0.1) is 5.56 Å². The van der Waals surface area contributed by atoms with E-state index in [2.05, 4.69) is 30.9 Å². The second kappa shape index (κ2) is 9.87. The van der Waals surface area contributed by atoms with Crippen LogP contribution in [0.5, 0.6) is 0 Å². The zero-order chi connectivity index (χ0) is 19.9. The quantitative estimate of drug-likeness (QED) is 0.474. The lowest BCUT2D eigenvalue weighted by atomic mass is 9.77. The third-order valence-electron chi connectivity index (χ3n) is 5.90. The van der Waals surface area contributed by atoms with Crippen molar-refractivity contribution >= 4 is 0 Å². The summed E-state index contributed by atoms with van der Waals surface area (Å²) in [5.41, 5.74) is 2.70. The van der Waals surface area contributed by atoms with Crippen molar-refractivity contribution in [3.05, 3.63) is 70.3 Å². The van der Waals surface area contributed by atoms with E-state index >= 15 is 0 Å². The van der Waals surface area contributed by atoms with E-state index in [4.69, 9.17) is 0 Å². The first-order valence-corrected chi connectivity index (χ1v) is 10.7. The van der Waals surface area contributed by atoms with Gasteiger partial charge in [-0.15, -0.1) is 0 Å². The van der Waals surface area contributed by atoms with E-state index in [1.165, 1.54) is 56.2 Å². The van der Waals surface area contributed by atoms with Crippen LogP contribution >= 0.6 is 0 Å². The first-order valence-electron chi connectivity index (χ1n) is 10.7. The molecule has 1 aliphatic carbocycles. The maximum absolute atomic E-state index is 14.2. The van der Waals surface area contributed by atoms with Gasteiger partial charge in [0.1, 0.15) is 11.6 Å². The fourth-order valence-corrected chi connectivity index (χ4v) is 4.34. The van der Waals surface area contributed by atoms with Crippen molar-refractivity contribution in [3.63, 3.8) is 0 Å². The molecule has 2 aromatic carbocycles. The van der Waals surface area contributed by atoms with Gasteiger partial charge in [-0.2, -0.15) is 0 Å². The molecule has 0 amide bonds. The molecule has 0 saturated heterocycles. The van der Waals surface area contributed by atoms with Crippen LogP contribution in [-0.2, 0) is 6.42 Å². The zero-order valence-corrected chi connectivity index (χ0v) is 17.0. The molecule has 2 heteroatoms. The van der Waals surface area contributed by atoms with E-state index < -0.39 is 11.6 Å². The Morgan fingerprint density at radius 2 is 1.50 bits per heavy atom. The molecule has 0 heterocycles. The van der Waals surface area contributed by atoms with Crippen LogP contribution in [0.25, 0.3) is 0 Å². The summed E-state index contributed by atoms with van der Waals surface area (Å²) in [5.74, 6) is 6.00. The molecule has 0 atom stereocenters. The highest BCUT2D eigenvalue weighted by Gasteiger charge is 2.21. The van der Waals surface area contributed by atoms with Crippen LogP contribution in [0.4, 0.5) is 8.78 Å². The van der Waals surface area contributed by atoms with Gasteiger partial charge in [-0.05, 0) is 79.3 Å². The van der Waals surface area contributed by atoms with Crippen molar-refractivity contribution in [2.24, 2.45) is 5.92 Å². The smallest absolute Gasteiger partial charge is 0.142 e. The highest BCUT2D eigenvalue weighted by molar-refractivity contribution is 5.45. The summed E-state index contributed by atoms with van der Waals surface area (Å²) >= 11 is 0. The lowest BCUT2D eigenvalue weighted by molar-refractivity contribution is 0.308. The fourth-order valence-electron chi connectivity index (χ4n) is 4.34. The van der Waals surface area contributed by atoms with Gasteiger partial charge in [0.15, 0.2) is 0 Å². The van der Waals surface area contributed by atoms with Crippen molar-refractivity contribution in [1.82, 2.24) is 0 Å². The molecule has 0 bridgehead atoms. The summed E-state index contributed by atoms with van der Waals surface area (Å²) in [5, 5.41) is 0. The maximum Gasteiger partial charge on any atom is 0.142 e. The fraction of sp³-hybridized carbons (Fsp3) is 0.462. The van der Waals surface area contributed by atoms with Crippen molar-refractivity contribution in [2.75, 3.05) is 0 Å². The van der Waals surface area contributed by atoms with Gasteiger partial charge < -0.3 is 0 Å². The maximum atomic E-state index is 14.2. The lowest BCUT2D eigenvalue weighted by Gasteiger charge is -2.28. The number of benzene rings is 2. The molecule has 28 heavy (non-hydrogen) atoms. The predicted molar refractivity (Wildman–Crippen MR) is 112 cm³/mol. The van der Waals surface area contributed by atoms with E-state index in [0.717, 1.165) is 17.9 Å². The Kier molecular flexibility index (Phi) is 7.26. The molecule has 2 aromatic rings. The predicted octanol–water partition coefficient (Wildman–Crippen LogP) is 7.39. The van der Waals surface area contributed by atoms with Crippen LogP contribution in [0, 0.1) is 29.4 Å². The molecule has 0 N–H and O–H groups in total. The van der Waals surface area contributed by atoms with Gasteiger partial charge in [0, 0.05) is 5.56 Å². The van der Waals surface area contributed by atoms with Crippen LogP contribution < -0.4 is 0 Å². The van der Waals surface area contributed by atoms with Crippen molar-refractivity contribution < 1.29 is 8.78 Å². The second-order valence-electron chi connectivity index (χ2n) is 8.06. The Balaban J connectivity index is 1.68. The van der Waals surface area contributed by atoms with Gasteiger partial charge in [0.2, 0.25) is 0 Å². The summed E-state index contributed by atoms with van der Waals surface area (Å²) in [6.07, 6.45) is 9.34. The largest absolute Gasteiger partial charge is 0.206 e. The first kappa shape index (κ1) is 20.6. The summed E-state index contributed by atoms with van der Waals surface area (Å²) in [6.45, 7) is 4.26. The molecule has 0 unspecified atom stereocenters. The molecule has 3 rings (SSSR count). The third-order valence-corrected chi connectivity index (χ3v) is 5.90. The molecule has 1 fully saturated rings. The molecular weight excluding hydrogens is 350 g/mol. The molecule has 0 aromatic heterocycles. The Labute approximate surface area is 168 Å². The van der Waals surface area contributed by atoms with Gasteiger partial charge in [-0.3, -0.25) is 0 Å². The molecule has 148 valence electrons. The topological polar surface area (TPSA) is 0 Å². The standard InChI is InChI=1S/C26H30F2/c1-3-5-19-7-12-22(13-8-19)23-14-9-20(10-15-23)11-16-24-25(27)17-21(6-4-2)18-26(24)28/h9-10,14-15,17-19,22H,3-8,12-13H2,1-2H3. The molecule has 0 spiro atoms. The SMILES string of the molecule is CCCc1cc(F)c(C#Cc2ccc(C3CCC(CCC)CC3)cc2)c(F)c1. The highest BCUT2D eigenvalue weighted by atomic mass is 19.1. The van der Waals surface area contributed by atoms with E-state index in [-0.39, 0.29) is 5.56 Å². The highest BCUT2D eigenvalue weighted by Crippen LogP contribution is 2.37. The number of halogens is 2.